The molecule has 0 spiro atoms. The molecule has 6 nitrogen and oxygen atoms in total. The highest BCUT2D eigenvalue weighted by atomic mass is 35.5. The van der Waals surface area contributed by atoms with Crippen LogP contribution in [0, 0.1) is 0 Å². The molecule has 0 bridgehead atoms. The minimum Gasteiger partial charge on any atom is -0.351 e. The van der Waals surface area contributed by atoms with Crippen molar-refractivity contribution in [3.63, 3.8) is 0 Å². The van der Waals surface area contributed by atoms with Gasteiger partial charge in [0.1, 0.15) is 0 Å². The second kappa shape index (κ2) is 8.01. The molecule has 20 heavy (non-hydrogen) atoms. The largest absolute Gasteiger partial charge is 0.351 e. The van der Waals surface area contributed by atoms with E-state index in [2.05, 4.69) is 15.5 Å². The van der Waals surface area contributed by atoms with Crippen LogP contribution in [0.2, 0.25) is 10.3 Å². The maximum absolute atomic E-state index is 11.9. The zero-order chi connectivity index (χ0) is 15.1. The maximum Gasteiger partial charge on any atom is 0.254 e. The number of hydrogen-bond acceptors (Lipinski definition) is 4. The lowest BCUT2D eigenvalue weighted by Crippen LogP contribution is -2.34. The summed E-state index contributed by atoms with van der Waals surface area (Å²) in [6.45, 7) is 5.34. The smallest absolute Gasteiger partial charge is 0.254 e. The predicted octanol–water partition coefficient (Wildman–Crippen LogP) is 1.77. The first-order chi connectivity index (χ1) is 9.49. The van der Waals surface area contributed by atoms with Crippen molar-refractivity contribution < 1.29 is 9.59 Å². The third-order valence-corrected chi connectivity index (χ3v) is 3.17. The van der Waals surface area contributed by atoms with E-state index in [0.29, 0.717) is 13.1 Å². The highest BCUT2D eigenvalue weighted by molar-refractivity contribution is 6.34. The predicted molar refractivity (Wildman–Crippen MR) is 76.9 cm³/mol. The monoisotopic (exact) mass is 318 g/mol. The fourth-order valence-electron chi connectivity index (χ4n) is 1.62. The summed E-state index contributed by atoms with van der Waals surface area (Å²) in [5, 5.41) is 9.72. The van der Waals surface area contributed by atoms with Gasteiger partial charge >= 0.3 is 0 Å². The van der Waals surface area contributed by atoms with Gasteiger partial charge in [-0.2, -0.15) is 0 Å². The molecule has 110 valence electrons. The van der Waals surface area contributed by atoms with Gasteiger partial charge in [-0.3, -0.25) is 9.59 Å². The van der Waals surface area contributed by atoms with Crippen molar-refractivity contribution in [1.29, 1.82) is 0 Å². The van der Waals surface area contributed by atoms with Crippen LogP contribution in [0.5, 0.6) is 0 Å². The van der Waals surface area contributed by atoms with Crippen molar-refractivity contribution in [3.8, 4) is 0 Å². The molecule has 0 aliphatic carbocycles. The van der Waals surface area contributed by atoms with E-state index >= 15 is 0 Å². The molecule has 0 aliphatic heterocycles. The fraction of sp³-hybridized carbons (Fsp3) is 0.500. The number of aromatic nitrogens is 2. The lowest BCUT2D eigenvalue weighted by atomic mass is 10.3. The molecule has 0 fully saturated rings. The molecule has 0 saturated heterocycles. The molecule has 2 amide bonds. The van der Waals surface area contributed by atoms with E-state index in [9.17, 15) is 9.59 Å². The number of halogens is 2. The van der Waals surface area contributed by atoms with Gasteiger partial charge in [-0.15, -0.1) is 10.2 Å². The topological polar surface area (TPSA) is 75.2 Å². The van der Waals surface area contributed by atoms with Crippen LogP contribution in [0.1, 0.15) is 30.6 Å². The summed E-state index contributed by atoms with van der Waals surface area (Å²) in [6.07, 6.45) is 0.233. The Morgan fingerprint density at radius 1 is 1.25 bits per heavy atom. The van der Waals surface area contributed by atoms with Gasteiger partial charge in [0.05, 0.1) is 5.56 Å². The van der Waals surface area contributed by atoms with Crippen LogP contribution in [0.4, 0.5) is 0 Å². The van der Waals surface area contributed by atoms with Gasteiger partial charge in [-0.05, 0) is 19.9 Å². The zero-order valence-electron chi connectivity index (χ0n) is 11.3. The van der Waals surface area contributed by atoms with Crippen LogP contribution in [-0.4, -0.2) is 46.5 Å². The molecular weight excluding hydrogens is 303 g/mol. The molecular formula is C12H16Cl2N4O2. The Labute approximate surface area is 127 Å². The summed E-state index contributed by atoms with van der Waals surface area (Å²) < 4.78 is 0. The third-order valence-electron chi connectivity index (χ3n) is 2.70. The number of hydrogen-bond donors (Lipinski definition) is 1. The van der Waals surface area contributed by atoms with E-state index < -0.39 is 5.91 Å². The van der Waals surface area contributed by atoms with E-state index in [1.807, 2.05) is 13.8 Å². The minimum absolute atomic E-state index is 0.00715. The molecule has 1 N–H and O–H groups in total. The molecule has 8 heteroatoms. The number of nitrogens with zero attached hydrogens (tertiary/aromatic N) is 3. The van der Waals surface area contributed by atoms with Crippen molar-refractivity contribution in [1.82, 2.24) is 20.4 Å². The second-order valence-corrected chi connectivity index (χ2v) is 4.69. The van der Waals surface area contributed by atoms with Gasteiger partial charge in [0.2, 0.25) is 5.91 Å². The number of nitrogens with one attached hydrogen (secondary N) is 1. The van der Waals surface area contributed by atoms with Crippen molar-refractivity contribution in [2.24, 2.45) is 0 Å². The minimum atomic E-state index is -0.431. The van der Waals surface area contributed by atoms with Crippen LogP contribution in [-0.2, 0) is 4.79 Å². The number of amides is 2. The first-order valence-corrected chi connectivity index (χ1v) is 6.99. The lowest BCUT2D eigenvalue weighted by Gasteiger charge is -2.18. The fourth-order valence-corrected chi connectivity index (χ4v) is 1.95. The number of carbonyl (C=O) groups excluding carboxylic acids is 2. The molecule has 0 unspecified atom stereocenters. The number of rotatable bonds is 6. The molecule has 1 heterocycles. The van der Waals surface area contributed by atoms with Gasteiger partial charge in [-0.1, -0.05) is 23.2 Å². The van der Waals surface area contributed by atoms with E-state index in [1.165, 1.54) is 6.07 Å². The molecule has 0 saturated carbocycles. The Bertz CT molecular complexity index is 492. The standard InChI is InChI=1S/C12H16Cl2N4O2/c1-3-18(4-2)10(19)5-6-15-12(20)8-7-9(13)16-17-11(8)14/h7H,3-6H2,1-2H3,(H,15,20). The van der Waals surface area contributed by atoms with Gasteiger partial charge in [0.15, 0.2) is 10.3 Å². The highest BCUT2D eigenvalue weighted by Crippen LogP contribution is 2.14. The maximum atomic E-state index is 11.9. The van der Waals surface area contributed by atoms with Crippen molar-refractivity contribution >= 4 is 35.0 Å². The van der Waals surface area contributed by atoms with Crippen molar-refractivity contribution in [3.05, 3.63) is 21.9 Å². The average molecular weight is 319 g/mol. The molecule has 1 aromatic heterocycles. The lowest BCUT2D eigenvalue weighted by molar-refractivity contribution is -0.130. The summed E-state index contributed by atoms with van der Waals surface area (Å²) in [5.74, 6) is -0.438. The summed E-state index contributed by atoms with van der Waals surface area (Å²) in [5.41, 5.74) is 0.141. The molecule has 0 radical (unpaired) electrons. The Morgan fingerprint density at radius 3 is 2.50 bits per heavy atom. The molecule has 0 aromatic carbocycles. The van der Waals surface area contributed by atoms with Gasteiger partial charge in [-0.25, -0.2) is 0 Å². The van der Waals surface area contributed by atoms with E-state index in [0.717, 1.165) is 0 Å². The Kier molecular flexibility index (Phi) is 6.67. The summed E-state index contributed by atoms with van der Waals surface area (Å²) in [7, 11) is 0. The van der Waals surface area contributed by atoms with Crippen LogP contribution in [0.25, 0.3) is 0 Å². The van der Waals surface area contributed by atoms with Gasteiger partial charge in [0.25, 0.3) is 5.91 Å². The van der Waals surface area contributed by atoms with Crippen LogP contribution >= 0.6 is 23.2 Å². The van der Waals surface area contributed by atoms with Gasteiger partial charge < -0.3 is 10.2 Å². The van der Waals surface area contributed by atoms with Crippen LogP contribution in [0.3, 0.4) is 0 Å². The molecule has 1 aromatic rings. The van der Waals surface area contributed by atoms with Crippen molar-refractivity contribution in [2.45, 2.75) is 20.3 Å². The summed E-state index contributed by atoms with van der Waals surface area (Å²) in [4.78, 5) is 25.3. The number of carbonyl (C=O) groups is 2. The van der Waals surface area contributed by atoms with E-state index in [-0.39, 0.29) is 34.7 Å². The summed E-state index contributed by atoms with van der Waals surface area (Å²) in [6, 6.07) is 1.33. The first-order valence-electron chi connectivity index (χ1n) is 6.24. The quantitative estimate of drug-likeness (QED) is 0.867. The normalized spacial score (nSPS) is 10.2. The average Bonchev–Trinajstić information content (AvgIpc) is 2.42. The second-order valence-electron chi connectivity index (χ2n) is 3.94. The zero-order valence-corrected chi connectivity index (χ0v) is 12.8. The summed E-state index contributed by atoms with van der Waals surface area (Å²) >= 11 is 11.4. The molecule has 0 aliphatic rings. The highest BCUT2D eigenvalue weighted by Gasteiger charge is 2.14. The Hall–Kier alpha value is -1.40. The SMILES string of the molecule is CCN(CC)C(=O)CCNC(=O)c1cc(Cl)nnc1Cl. The van der Waals surface area contributed by atoms with Gasteiger partial charge in [0, 0.05) is 26.1 Å². The van der Waals surface area contributed by atoms with E-state index in [4.69, 9.17) is 23.2 Å². The Balaban J connectivity index is 2.52. The Morgan fingerprint density at radius 2 is 1.90 bits per heavy atom. The van der Waals surface area contributed by atoms with E-state index in [1.54, 1.807) is 4.90 Å². The first kappa shape index (κ1) is 16.7. The molecule has 1 rings (SSSR count). The van der Waals surface area contributed by atoms with Crippen LogP contribution in [0.15, 0.2) is 6.07 Å². The third kappa shape index (κ3) is 4.61. The van der Waals surface area contributed by atoms with Crippen LogP contribution < -0.4 is 5.32 Å². The molecule has 0 atom stereocenters. The van der Waals surface area contributed by atoms with Crippen molar-refractivity contribution in [2.75, 3.05) is 19.6 Å².